The molecule has 0 aromatic heterocycles. The molecule has 1 aliphatic rings. The highest BCUT2D eigenvalue weighted by atomic mass is 16.3. The quantitative estimate of drug-likeness (QED) is 0.905. The van der Waals surface area contributed by atoms with Crippen LogP contribution in [0, 0.1) is 5.92 Å². The van der Waals surface area contributed by atoms with Crippen LogP contribution in [-0.2, 0) is 11.2 Å². The maximum Gasteiger partial charge on any atom is 0.227 e. The topological polar surface area (TPSA) is 40.5 Å². The predicted octanol–water partition coefficient (Wildman–Crippen LogP) is 3.07. The Morgan fingerprint density at radius 3 is 2.68 bits per heavy atom. The second-order valence-corrected chi connectivity index (χ2v) is 5.83. The van der Waals surface area contributed by atoms with Crippen molar-refractivity contribution in [2.24, 2.45) is 5.92 Å². The average molecular weight is 261 g/mol. The van der Waals surface area contributed by atoms with Gasteiger partial charge in [0.05, 0.1) is 6.10 Å². The molecule has 3 heteroatoms. The molecular formula is C16H23NO2. The zero-order valence-electron chi connectivity index (χ0n) is 12.0. The number of hydrogen-bond acceptors (Lipinski definition) is 2. The van der Waals surface area contributed by atoms with Gasteiger partial charge in [0.1, 0.15) is 0 Å². The highest BCUT2D eigenvalue weighted by molar-refractivity contribution is 5.95. The van der Waals surface area contributed by atoms with Crippen LogP contribution in [0.5, 0.6) is 0 Å². The van der Waals surface area contributed by atoms with Crippen LogP contribution in [0.15, 0.2) is 18.2 Å². The summed E-state index contributed by atoms with van der Waals surface area (Å²) in [5.41, 5.74) is 3.13. The minimum atomic E-state index is -0.393. The molecule has 1 heterocycles. The van der Waals surface area contributed by atoms with Crippen LogP contribution >= 0.6 is 0 Å². The molecule has 0 saturated carbocycles. The van der Waals surface area contributed by atoms with Crippen molar-refractivity contribution in [1.29, 1.82) is 0 Å². The third-order valence-electron chi connectivity index (χ3n) is 3.85. The highest BCUT2D eigenvalue weighted by Crippen LogP contribution is 2.30. The number of hydrogen-bond donors (Lipinski definition) is 1. The predicted molar refractivity (Wildman–Crippen MR) is 77.2 cm³/mol. The standard InChI is InChI=1S/C16H23NO2/c1-11(2)4-8-15(18)13-5-7-14-12(10-13)6-9-16(19)17(14)3/h5,7,10-11,15,18H,4,6,8-9H2,1-3H3. The van der Waals surface area contributed by atoms with E-state index in [4.69, 9.17) is 0 Å². The van der Waals surface area contributed by atoms with Crippen LogP contribution in [0.25, 0.3) is 0 Å². The summed E-state index contributed by atoms with van der Waals surface area (Å²) >= 11 is 0. The molecule has 1 aliphatic heterocycles. The van der Waals surface area contributed by atoms with Crippen LogP contribution in [0.1, 0.15) is 50.3 Å². The van der Waals surface area contributed by atoms with Gasteiger partial charge in [-0.3, -0.25) is 4.79 Å². The molecule has 19 heavy (non-hydrogen) atoms. The Labute approximate surface area is 115 Å². The number of aliphatic hydroxyl groups excluding tert-OH is 1. The van der Waals surface area contributed by atoms with Gasteiger partial charge in [-0.05, 0) is 42.4 Å². The first-order valence-electron chi connectivity index (χ1n) is 7.06. The van der Waals surface area contributed by atoms with Gasteiger partial charge >= 0.3 is 0 Å². The fourth-order valence-corrected chi connectivity index (χ4v) is 2.54. The lowest BCUT2D eigenvalue weighted by atomic mass is 9.94. The largest absolute Gasteiger partial charge is 0.388 e. The number of carbonyl (C=O) groups is 1. The van der Waals surface area contributed by atoms with E-state index in [1.165, 1.54) is 5.56 Å². The summed E-state index contributed by atoms with van der Waals surface area (Å²) in [6, 6.07) is 5.96. The maximum atomic E-state index is 11.6. The molecule has 0 saturated heterocycles. The maximum absolute atomic E-state index is 11.6. The van der Waals surface area contributed by atoms with Crippen molar-refractivity contribution in [1.82, 2.24) is 0 Å². The van der Waals surface area contributed by atoms with Gasteiger partial charge in [-0.15, -0.1) is 0 Å². The number of rotatable bonds is 4. The first-order chi connectivity index (χ1) is 8.99. The molecule has 1 aromatic carbocycles. The van der Waals surface area contributed by atoms with Crippen LogP contribution in [0.3, 0.4) is 0 Å². The number of aryl methyl sites for hydroxylation is 1. The Hall–Kier alpha value is -1.35. The Morgan fingerprint density at radius 2 is 2.00 bits per heavy atom. The van der Waals surface area contributed by atoms with Crippen molar-refractivity contribution in [3.05, 3.63) is 29.3 Å². The third-order valence-corrected chi connectivity index (χ3v) is 3.85. The van der Waals surface area contributed by atoms with Gasteiger partial charge < -0.3 is 10.0 Å². The summed E-state index contributed by atoms with van der Waals surface area (Å²) in [6.07, 6.45) is 2.77. The molecule has 2 rings (SSSR count). The summed E-state index contributed by atoms with van der Waals surface area (Å²) in [5, 5.41) is 10.2. The zero-order chi connectivity index (χ0) is 14.0. The second-order valence-electron chi connectivity index (χ2n) is 5.83. The molecule has 1 N–H and O–H groups in total. The number of anilines is 1. The molecule has 0 bridgehead atoms. The number of amides is 1. The lowest BCUT2D eigenvalue weighted by molar-refractivity contribution is -0.118. The van der Waals surface area contributed by atoms with Gasteiger partial charge in [-0.25, -0.2) is 0 Å². The van der Waals surface area contributed by atoms with Gasteiger partial charge in [-0.2, -0.15) is 0 Å². The Balaban J connectivity index is 2.15. The molecular weight excluding hydrogens is 238 g/mol. The van der Waals surface area contributed by atoms with Crippen LogP contribution in [-0.4, -0.2) is 18.1 Å². The molecule has 0 spiro atoms. The Bertz CT molecular complexity index is 468. The second kappa shape index (κ2) is 5.74. The van der Waals surface area contributed by atoms with E-state index < -0.39 is 6.10 Å². The van der Waals surface area contributed by atoms with Gasteiger partial charge in [0.2, 0.25) is 5.91 Å². The molecule has 1 aromatic rings. The fourth-order valence-electron chi connectivity index (χ4n) is 2.54. The van der Waals surface area contributed by atoms with Crippen LogP contribution in [0.4, 0.5) is 5.69 Å². The molecule has 0 radical (unpaired) electrons. The molecule has 1 amide bonds. The van der Waals surface area contributed by atoms with Gasteiger partial charge in [0.25, 0.3) is 0 Å². The number of aliphatic hydroxyl groups is 1. The van der Waals surface area contributed by atoms with E-state index in [1.807, 2.05) is 19.2 Å². The van der Waals surface area contributed by atoms with Gasteiger partial charge in [0, 0.05) is 19.2 Å². The molecule has 0 aliphatic carbocycles. The lowest BCUT2D eigenvalue weighted by Crippen LogP contribution is -2.31. The van der Waals surface area contributed by atoms with Gasteiger partial charge in [0.15, 0.2) is 0 Å². The SMILES string of the molecule is CC(C)CCC(O)c1ccc2c(c1)CCC(=O)N2C. The average Bonchev–Trinajstić information content (AvgIpc) is 2.40. The Morgan fingerprint density at radius 1 is 1.26 bits per heavy atom. The lowest BCUT2D eigenvalue weighted by Gasteiger charge is -2.26. The van der Waals surface area contributed by atoms with Crippen molar-refractivity contribution in [3.63, 3.8) is 0 Å². The molecule has 3 nitrogen and oxygen atoms in total. The van der Waals surface area contributed by atoms with Crippen molar-refractivity contribution < 1.29 is 9.90 Å². The summed E-state index contributed by atoms with van der Waals surface area (Å²) in [7, 11) is 1.81. The third kappa shape index (κ3) is 3.16. The molecule has 1 atom stereocenters. The van der Waals surface area contributed by atoms with Crippen molar-refractivity contribution >= 4 is 11.6 Å². The number of nitrogens with zero attached hydrogens (tertiary/aromatic N) is 1. The van der Waals surface area contributed by atoms with E-state index >= 15 is 0 Å². The van der Waals surface area contributed by atoms with Crippen LogP contribution in [0.2, 0.25) is 0 Å². The number of benzene rings is 1. The van der Waals surface area contributed by atoms with Gasteiger partial charge in [-0.1, -0.05) is 26.0 Å². The van der Waals surface area contributed by atoms with E-state index in [9.17, 15) is 9.90 Å². The summed E-state index contributed by atoms with van der Waals surface area (Å²) in [5.74, 6) is 0.775. The summed E-state index contributed by atoms with van der Waals surface area (Å²) in [6.45, 7) is 4.33. The fraction of sp³-hybridized carbons (Fsp3) is 0.562. The van der Waals surface area contributed by atoms with Crippen molar-refractivity contribution in [2.45, 2.75) is 45.6 Å². The minimum absolute atomic E-state index is 0.167. The Kier molecular flexibility index (Phi) is 4.25. The smallest absolute Gasteiger partial charge is 0.227 e. The molecule has 1 unspecified atom stereocenters. The van der Waals surface area contributed by atoms with Crippen LogP contribution < -0.4 is 4.90 Å². The van der Waals surface area contributed by atoms with E-state index in [2.05, 4.69) is 19.9 Å². The first-order valence-corrected chi connectivity index (χ1v) is 7.06. The molecule has 104 valence electrons. The van der Waals surface area contributed by atoms with E-state index in [0.717, 1.165) is 30.5 Å². The minimum Gasteiger partial charge on any atom is -0.388 e. The van der Waals surface area contributed by atoms with Crippen molar-refractivity contribution in [3.8, 4) is 0 Å². The highest BCUT2D eigenvalue weighted by Gasteiger charge is 2.21. The van der Waals surface area contributed by atoms with E-state index in [-0.39, 0.29) is 5.91 Å². The first kappa shape index (κ1) is 14.1. The molecule has 0 fully saturated rings. The van der Waals surface area contributed by atoms with Crippen molar-refractivity contribution in [2.75, 3.05) is 11.9 Å². The summed E-state index contributed by atoms with van der Waals surface area (Å²) < 4.78 is 0. The zero-order valence-corrected chi connectivity index (χ0v) is 12.0. The monoisotopic (exact) mass is 261 g/mol. The normalized spacial score (nSPS) is 16.7. The summed E-state index contributed by atoms with van der Waals surface area (Å²) in [4.78, 5) is 13.3. The van der Waals surface area contributed by atoms with E-state index in [1.54, 1.807) is 4.90 Å². The van der Waals surface area contributed by atoms with E-state index in [0.29, 0.717) is 12.3 Å². The number of fused-ring (bicyclic) bond motifs is 1. The number of carbonyl (C=O) groups excluding carboxylic acids is 1.